The number of carbonyl (C=O) groups excluding carboxylic acids is 3. The molecule has 0 bridgehead atoms. The molecule has 1 saturated heterocycles. The van der Waals surface area contributed by atoms with Gasteiger partial charge in [-0.05, 0) is 31.4 Å². The number of nitrogens with zero attached hydrogens (tertiary/aromatic N) is 1. The number of halogens is 2. The molecule has 154 valence electrons. The summed E-state index contributed by atoms with van der Waals surface area (Å²) < 4.78 is 18.7. The molecule has 1 aliphatic heterocycles. The van der Waals surface area contributed by atoms with E-state index in [1.807, 2.05) is 0 Å². The molecule has 9 heteroatoms. The molecule has 0 aromatic heterocycles. The summed E-state index contributed by atoms with van der Waals surface area (Å²) in [4.78, 5) is 37.9. The van der Waals surface area contributed by atoms with Gasteiger partial charge in [-0.3, -0.25) is 14.5 Å². The SMILES string of the molecule is CC(C)CCOCCNC(=O)CN1C(=O)NC(C)(c2ccc(F)cc2Cl)C1=O. The van der Waals surface area contributed by atoms with Gasteiger partial charge in [0.05, 0.1) is 6.61 Å². The van der Waals surface area contributed by atoms with Gasteiger partial charge in [-0.2, -0.15) is 0 Å². The Bertz CT molecular complexity index is 759. The first-order valence-corrected chi connectivity index (χ1v) is 9.47. The van der Waals surface area contributed by atoms with Crippen LogP contribution in [-0.2, 0) is 19.9 Å². The van der Waals surface area contributed by atoms with Crippen LogP contribution in [0.4, 0.5) is 9.18 Å². The molecule has 2 N–H and O–H groups in total. The second kappa shape index (κ2) is 9.34. The van der Waals surface area contributed by atoms with Crippen molar-refractivity contribution in [2.24, 2.45) is 5.92 Å². The maximum absolute atomic E-state index is 13.3. The number of rotatable bonds is 9. The van der Waals surface area contributed by atoms with Crippen molar-refractivity contribution in [1.82, 2.24) is 15.5 Å². The van der Waals surface area contributed by atoms with Gasteiger partial charge < -0.3 is 15.4 Å². The van der Waals surface area contributed by atoms with Crippen LogP contribution in [0.2, 0.25) is 5.02 Å². The lowest BCUT2D eigenvalue weighted by atomic mass is 9.92. The second-order valence-electron chi connectivity index (χ2n) is 7.22. The number of carbonyl (C=O) groups is 3. The van der Waals surface area contributed by atoms with Crippen LogP contribution >= 0.6 is 11.6 Å². The van der Waals surface area contributed by atoms with Gasteiger partial charge in [-0.15, -0.1) is 0 Å². The van der Waals surface area contributed by atoms with Crippen molar-refractivity contribution in [2.75, 3.05) is 26.3 Å². The first kappa shape index (κ1) is 22.1. The van der Waals surface area contributed by atoms with Gasteiger partial charge in [-0.25, -0.2) is 9.18 Å². The number of amides is 4. The highest BCUT2D eigenvalue weighted by molar-refractivity contribution is 6.32. The minimum absolute atomic E-state index is 0.0148. The fourth-order valence-electron chi connectivity index (χ4n) is 2.80. The monoisotopic (exact) mass is 413 g/mol. The molecule has 1 unspecified atom stereocenters. The van der Waals surface area contributed by atoms with Crippen molar-refractivity contribution in [3.8, 4) is 0 Å². The molecular weight excluding hydrogens is 389 g/mol. The maximum Gasteiger partial charge on any atom is 0.325 e. The van der Waals surface area contributed by atoms with Crippen molar-refractivity contribution in [3.05, 3.63) is 34.6 Å². The first-order chi connectivity index (χ1) is 13.1. The van der Waals surface area contributed by atoms with E-state index in [0.717, 1.165) is 23.5 Å². The Morgan fingerprint density at radius 2 is 2.07 bits per heavy atom. The first-order valence-electron chi connectivity index (χ1n) is 9.09. The van der Waals surface area contributed by atoms with E-state index in [2.05, 4.69) is 24.5 Å². The zero-order chi connectivity index (χ0) is 20.9. The molecule has 2 rings (SSSR count). The Morgan fingerprint density at radius 3 is 2.71 bits per heavy atom. The van der Waals surface area contributed by atoms with Gasteiger partial charge >= 0.3 is 6.03 Å². The van der Waals surface area contributed by atoms with E-state index >= 15 is 0 Å². The number of benzene rings is 1. The average molecular weight is 414 g/mol. The fraction of sp³-hybridized carbons (Fsp3) is 0.526. The summed E-state index contributed by atoms with van der Waals surface area (Å²) in [5, 5.41) is 5.16. The van der Waals surface area contributed by atoms with Gasteiger partial charge in [0.25, 0.3) is 5.91 Å². The van der Waals surface area contributed by atoms with Gasteiger partial charge in [0.1, 0.15) is 17.9 Å². The topological polar surface area (TPSA) is 87.7 Å². The molecule has 4 amide bonds. The molecule has 0 saturated carbocycles. The largest absolute Gasteiger partial charge is 0.380 e. The Labute approximate surface area is 168 Å². The maximum atomic E-state index is 13.3. The van der Waals surface area contributed by atoms with Crippen LogP contribution < -0.4 is 10.6 Å². The summed E-state index contributed by atoms with van der Waals surface area (Å²) in [6, 6.07) is 2.85. The summed E-state index contributed by atoms with van der Waals surface area (Å²) in [7, 11) is 0. The third-order valence-electron chi connectivity index (χ3n) is 4.45. The van der Waals surface area contributed by atoms with Crippen LogP contribution in [0.5, 0.6) is 0 Å². The van der Waals surface area contributed by atoms with Gasteiger partial charge in [0, 0.05) is 23.7 Å². The summed E-state index contributed by atoms with van der Waals surface area (Å²) in [5.41, 5.74) is -1.21. The van der Waals surface area contributed by atoms with E-state index in [1.54, 1.807) is 0 Å². The number of ether oxygens (including phenoxy) is 1. The minimum Gasteiger partial charge on any atom is -0.380 e. The van der Waals surface area contributed by atoms with E-state index in [-0.39, 0.29) is 17.1 Å². The van der Waals surface area contributed by atoms with Gasteiger partial charge in [0.15, 0.2) is 0 Å². The van der Waals surface area contributed by atoms with E-state index in [4.69, 9.17) is 16.3 Å². The normalized spacial score (nSPS) is 19.3. The Balaban J connectivity index is 1.92. The van der Waals surface area contributed by atoms with E-state index < -0.39 is 35.7 Å². The van der Waals surface area contributed by atoms with Crippen LogP contribution in [-0.4, -0.2) is 49.0 Å². The van der Waals surface area contributed by atoms with E-state index in [1.165, 1.54) is 13.0 Å². The third kappa shape index (κ3) is 5.20. The molecule has 7 nitrogen and oxygen atoms in total. The Hall–Kier alpha value is -2.19. The molecule has 1 atom stereocenters. The molecule has 1 aliphatic rings. The van der Waals surface area contributed by atoms with E-state index in [9.17, 15) is 18.8 Å². The lowest BCUT2D eigenvalue weighted by Crippen LogP contribution is -2.43. The highest BCUT2D eigenvalue weighted by Crippen LogP contribution is 2.33. The number of hydrogen-bond acceptors (Lipinski definition) is 4. The quantitative estimate of drug-likeness (QED) is 0.480. The molecule has 1 fully saturated rings. The highest BCUT2D eigenvalue weighted by atomic mass is 35.5. The predicted octanol–water partition coefficient (Wildman–Crippen LogP) is 2.43. The summed E-state index contributed by atoms with van der Waals surface area (Å²) >= 11 is 6.04. The number of hydrogen-bond donors (Lipinski definition) is 2. The van der Waals surface area contributed by atoms with E-state index in [0.29, 0.717) is 19.1 Å². The van der Waals surface area contributed by atoms with Crippen molar-refractivity contribution >= 4 is 29.4 Å². The van der Waals surface area contributed by atoms with Gasteiger partial charge in [-0.1, -0.05) is 31.5 Å². The van der Waals surface area contributed by atoms with Crippen molar-refractivity contribution in [3.63, 3.8) is 0 Å². The second-order valence-corrected chi connectivity index (χ2v) is 7.62. The fourth-order valence-corrected chi connectivity index (χ4v) is 3.16. The Kier molecular flexibility index (Phi) is 7.37. The minimum atomic E-state index is -1.47. The summed E-state index contributed by atoms with van der Waals surface area (Å²) in [6.07, 6.45) is 0.931. The molecule has 1 aromatic carbocycles. The summed E-state index contributed by atoms with van der Waals surface area (Å²) in [5.74, 6) is -1.13. The number of imide groups is 1. The van der Waals surface area contributed by atoms with Crippen molar-refractivity contribution < 1.29 is 23.5 Å². The van der Waals surface area contributed by atoms with Crippen LogP contribution in [0, 0.1) is 11.7 Å². The molecule has 28 heavy (non-hydrogen) atoms. The number of urea groups is 1. The average Bonchev–Trinajstić information content (AvgIpc) is 2.81. The molecule has 0 radical (unpaired) electrons. The zero-order valence-corrected chi connectivity index (χ0v) is 16.9. The van der Waals surface area contributed by atoms with Crippen LogP contribution in [0.1, 0.15) is 32.8 Å². The smallest absolute Gasteiger partial charge is 0.325 e. The third-order valence-corrected chi connectivity index (χ3v) is 4.77. The lowest BCUT2D eigenvalue weighted by Gasteiger charge is -2.23. The van der Waals surface area contributed by atoms with Crippen LogP contribution in [0.15, 0.2) is 18.2 Å². The van der Waals surface area contributed by atoms with Crippen LogP contribution in [0.25, 0.3) is 0 Å². The summed E-state index contributed by atoms with van der Waals surface area (Å²) in [6.45, 7) is 6.46. The molecule has 1 heterocycles. The molecule has 1 aromatic rings. The molecule has 0 spiro atoms. The zero-order valence-electron chi connectivity index (χ0n) is 16.2. The molecule has 0 aliphatic carbocycles. The highest BCUT2D eigenvalue weighted by Gasteiger charge is 2.50. The standard InChI is InChI=1S/C19H25ClFN3O4/c1-12(2)6-8-28-9-7-22-16(25)11-24-17(26)19(3,23-18(24)27)14-5-4-13(21)10-15(14)20/h4-5,10,12H,6-9,11H2,1-3H3,(H,22,25)(H,23,27). The predicted molar refractivity (Wildman–Crippen MR) is 102 cm³/mol. The lowest BCUT2D eigenvalue weighted by molar-refractivity contribution is -0.134. The number of nitrogens with one attached hydrogen (secondary N) is 2. The molecular formula is C19H25ClFN3O4. The van der Waals surface area contributed by atoms with Crippen LogP contribution in [0.3, 0.4) is 0 Å². The Morgan fingerprint density at radius 1 is 1.36 bits per heavy atom. The van der Waals surface area contributed by atoms with Gasteiger partial charge in [0.2, 0.25) is 5.91 Å². The van der Waals surface area contributed by atoms with Crippen molar-refractivity contribution in [1.29, 1.82) is 0 Å². The van der Waals surface area contributed by atoms with Crippen molar-refractivity contribution in [2.45, 2.75) is 32.7 Å².